The lowest BCUT2D eigenvalue weighted by molar-refractivity contribution is 0.391. The summed E-state index contributed by atoms with van der Waals surface area (Å²) >= 11 is 0. The van der Waals surface area contributed by atoms with Gasteiger partial charge in [0.25, 0.3) is 0 Å². The van der Waals surface area contributed by atoms with Crippen molar-refractivity contribution in [2.24, 2.45) is 0 Å². The molecule has 1 rings (SSSR count). The minimum absolute atomic E-state index is 0.370. The van der Waals surface area contributed by atoms with E-state index >= 15 is 0 Å². The van der Waals surface area contributed by atoms with Crippen LogP contribution in [0.15, 0.2) is 4.79 Å². The number of hydrogen-bond donors (Lipinski definition) is 1. The Bertz CT molecular complexity index is 317. The van der Waals surface area contributed by atoms with Crippen molar-refractivity contribution >= 4 is 0 Å². The van der Waals surface area contributed by atoms with E-state index in [-0.39, 0.29) is 5.69 Å². The Morgan fingerprint density at radius 3 is 2.64 bits per heavy atom. The lowest BCUT2D eigenvalue weighted by atomic mass is 10.3. The van der Waals surface area contributed by atoms with Crippen LogP contribution < -0.4 is 10.4 Å². The number of nitrogens with zero attached hydrogens (tertiary/aromatic N) is 1. The molecule has 0 spiro atoms. The summed E-state index contributed by atoms with van der Waals surface area (Å²) in [7, 11) is 1.49. The van der Waals surface area contributed by atoms with E-state index in [1.807, 2.05) is 6.92 Å². The molecule has 0 aliphatic rings. The number of rotatable bonds is 1. The number of aryl methyl sites for hydroxylation is 1. The highest BCUT2D eigenvalue weighted by Gasteiger charge is 2.03. The zero-order valence-electron chi connectivity index (χ0n) is 6.76. The molecule has 0 aromatic carbocycles. The van der Waals surface area contributed by atoms with Crippen molar-refractivity contribution in [3.63, 3.8) is 0 Å². The molecule has 0 saturated carbocycles. The van der Waals surface area contributed by atoms with Crippen LogP contribution >= 0.6 is 0 Å². The summed E-state index contributed by atoms with van der Waals surface area (Å²) in [4.78, 5) is 17.0. The standard InChI is InChI=1S/C7H10N2O2/c1-4-5(2)8-7(10)9-6(4)11-3/h1-3H3,(H,8,9,10). The molecule has 1 heterocycles. The maximum Gasteiger partial charge on any atom is 0.348 e. The molecule has 4 heteroatoms. The summed E-state index contributed by atoms with van der Waals surface area (Å²) < 4.78 is 4.88. The lowest BCUT2D eigenvalue weighted by Crippen LogP contribution is -2.14. The van der Waals surface area contributed by atoms with Gasteiger partial charge < -0.3 is 9.72 Å². The van der Waals surface area contributed by atoms with Crippen molar-refractivity contribution in [2.75, 3.05) is 7.11 Å². The van der Waals surface area contributed by atoms with Gasteiger partial charge in [0.2, 0.25) is 5.88 Å². The number of H-pyrrole nitrogens is 1. The highest BCUT2D eigenvalue weighted by Crippen LogP contribution is 2.11. The Kier molecular flexibility index (Phi) is 1.94. The minimum atomic E-state index is -0.370. The van der Waals surface area contributed by atoms with Crippen LogP contribution in [0, 0.1) is 13.8 Å². The Labute approximate surface area is 64.2 Å². The lowest BCUT2D eigenvalue weighted by Gasteiger charge is -2.03. The van der Waals surface area contributed by atoms with Crippen LogP contribution in [-0.4, -0.2) is 17.1 Å². The zero-order valence-corrected chi connectivity index (χ0v) is 6.76. The second-order valence-corrected chi connectivity index (χ2v) is 2.30. The van der Waals surface area contributed by atoms with Gasteiger partial charge in [-0.3, -0.25) is 0 Å². The van der Waals surface area contributed by atoms with Crippen LogP contribution in [0.25, 0.3) is 0 Å². The molecule has 0 radical (unpaired) electrons. The monoisotopic (exact) mass is 154 g/mol. The van der Waals surface area contributed by atoms with Gasteiger partial charge in [0, 0.05) is 11.3 Å². The topological polar surface area (TPSA) is 55.0 Å². The predicted molar refractivity (Wildman–Crippen MR) is 40.9 cm³/mol. The maximum absolute atomic E-state index is 10.8. The Morgan fingerprint density at radius 1 is 1.45 bits per heavy atom. The van der Waals surface area contributed by atoms with E-state index in [9.17, 15) is 4.79 Å². The fourth-order valence-corrected chi connectivity index (χ4v) is 0.817. The van der Waals surface area contributed by atoms with Crippen LogP contribution in [-0.2, 0) is 0 Å². The first-order valence-electron chi connectivity index (χ1n) is 3.26. The van der Waals surface area contributed by atoms with Gasteiger partial charge in [0.15, 0.2) is 0 Å². The molecule has 0 unspecified atom stereocenters. The van der Waals surface area contributed by atoms with Gasteiger partial charge in [0.05, 0.1) is 7.11 Å². The summed E-state index contributed by atoms with van der Waals surface area (Å²) in [6.07, 6.45) is 0. The highest BCUT2D eigenvalue weighted by molar-refractivity contribution is 5.26. The fourth-order valence-electron chi connectivity index (χ4n) is 0.817. The largest absolute Gasteiger partial charge is 0.481 e. The summed E-state index contributed by atoms with van der Waals surface area (Å²) in [5, 5.41) is 0. The van der Waals surface area contributed by atoms with Gasteiger partial charge in [0.1, 0.15) is 0 Å². The van der Waals surface area contributed by atoms with Gasteiger partial charge in [-0.05, 0) is 13.8 Å². The third-order valence-corrected chi connectivity index (χ3v) is 1.57. The van der Waals surface area contributed by atoms with Gasteiger partial charge in [-0.1, -0.05) is 0 Å². The summed E-state index contributed by atoms with van der Waals surface area (Å²) in [5.41, 5.74) is 1.29. The number of methoxy groups -OCH3 is 1. The number of ether oxygens (including phenoxy) is 1. The fraction of sp³-hybridized carbons (Fsp3) is 0.429. The molecule has 0 bridgehead atoms. The Hall–Kier alpha value is -1.32. The van der Waals surface area contributed by atoms with E-state index in [0.717, 1.165) is 11.3 Å². The summed E-state index contributed by atoms with van der Waals surface area (Å²) in [5.74, 6) is 0.395. The van der Waals surface area contributed by atoms with E-state index in [0.29, 0.717) is 5.88 Å². The van der Waals surface area contributed by atoms with Crippen molar-refractivity contribution in [3.8, 4) is 5.88 Å². The molecule has 0 aliphatic carbocycles. The van der Waals surface area contributed by atoms with Crippen LogP contribution in [0.3, 0.4) is 0 Å². The van der Waals surface area contributed by atoms with Gasteiger partial charge in [-0.25, -0.2) is 4.79 Å². The maximum atomic E-state index is 10.8. The SMILES string of the molecule is COc1nc(=O)[nH]c(C)c1C. The normalized spacial score (nSPS) is 9.73. The van der Waals surface area contributed by atoms with Crippen LogP contribution in [0.1, 0.15) is 11.3 Å². The van der Waals surface area contributed by atoms with E-state index in [1.54, 1.807) is 6.92 Å². The van der Waals surface area contributed by atoms with Crippen LogP contribution in [0.5, 0.6) is 5.88 Å². The highest BCUT2D eigenvalue weighted by atomic mass is 16.5. The van der Waals surface area contributed by atoms with Crippen molar-refractivity contribution < 1.29 is 4.74 Å². The average Bonchev–Trinajstić information content (AvgIpc) is 1.96. The number of aromatic nitrogens is 2. The van der Waals surface area contributed by atoms with Crippen LogP contribution in [0.4, 0.5) is 0 Å². The second-order valence-electron chi connectivity index (χ2n) is 2.30. The number of aromatic amines is 1. The third kappa shape index (κ3) is 1.39. The molecule has 4 nitrogen and oxygen atoms in total. The smallest absolute Gasteiger partial charge is 0.348 e. The number of nitrogens with one attached hydrogen (secondary N) is 1. The molecule has 1 aromatic rings. The van der Waals surface area contributed by atoms with Gasteiger partial charge >= 0.3 is 5.69 Å². The van der Waals surface area contributed by atoms with Crippen molar-refractivity contribution in [2.45, 2.75) is 13.8 Å². The molecule has 11 heavy (non-hydrogen) atoms. The van der Waals surface area contributed by atoms with Gasteiger partial charge in [-0.15, -0.1) is 0 Å². The number of hydrogen-bond acceptors (Lipinski definition) is 3. The van der Waals surface area contributed by atoms with E-state index in [4.69, 9.17) is 4.74 Å². The molecule has 0 aliphatic heterocycles. The Morgan fingerprint density at radius 2 is 2.09 bits per heavy atom. The average molecular weight is 154 g/mol. The molecule has 0 fully saturated rings. The van der Waals surface area contributed by atoms with Crippen LogP contribution in [0.2, 0.25) is 0 Å². The molecule has 0 amide bonds. The third-order valence-electron chi connectivity index (χ3n) is 1.57. The predicted octanol–water partition coefficient (Wildman–Crippen LogP) is 0.395. The second kappa shape index (κ2) is 2.74. The summed E-state index contributed by atoms with van der Waals surface area (Å²) in [6, 6.07) is 0. The van der Waals surface area contributed by atoms with Gasteiger partial charge in [-0.2, -0.15) is 4.98 Å². The van der Waals surface area contributed by atoms with Crippen molar-refractivity contribution in [3.05, 3.63) is 21.7 Å². The first-order chi connectivity index (χ1) is 5.15. The Balaban J connectivity index is 3.36. The first kappa shape index (κ1) is 7.78. The van der Waals surface area contributed by atoms with Crippen molar-refractivity contribution in [1.29, 1.82) is 0 Å². The van der Waals surface area contributed by atoms with E-state index in [2.05, 4.69) is 9.97 Å². The van der Waals surface area contributed by atoms with E-state index < -0.39 is 0 Å². The van der Waals surface area contributed by atoms with Crippen molar-refractivity contribution in [1.82, 2.24) is 9.97 Å². The molecule has 0 atom stereocenters. The van der Waals surface area contributed by atoms with E-state index in [1.165, 1.54) is 7.11 Å². The molecular weight excluding hydrogens is 144 g/mol. The molecular formula is C7H10N2O2. The zero-order chi connectivity index (χ0) is 8.43. The quantitative estimate of drug-likeness (QED) is 0.636. The summed E-state index contributed by atoms with van der Waals surface area (Å²) in [6.45, 7) is 3.65. The molecule has 1 N–H and O–H groups in total. The molecule has 0 saturated heterocycles. The molecule has 1 aromatic heterocycles. The first-order valence-corrected chi connectivity index (χ1v) is 3.26. The minimum Gasteiger partial charge on any atom is -0.481 e. The molecule has 60 valence electrons.